The fraction of sp³-hybridized carbons (Fsp3) is 0.0909. The summed E-state index contributed by atoms with van der Waals surface area (Å²) in [5.41, 5.74) is 7.51. The van der Waals surface area contributed by atoms with Crippen molar-refractivity contribution < 1.29 is 4.42 Å². The number of halogens is 1. The van der Waals surface area contributed by atoms with Gasteiger partial charge in [0.2, 0.25) is 5.89 Å². The Morgan fingerprint density at radius 1 is 1.41 bits per heavy atom. The number of benzene rings is 1. The van der Waals surface area contributed by atoms with Crippen molar-refractivity contribution in [3.8, 4) is 0 Å². The molecule has 0 aliphatic carbocycles. The average Bonchev–Trinajstić information content (AvgIpc) is 2.89. The molecule has 2 N–H and O–H groups in total. The number of hydrogen-bond donors (Lipinski definition) is 1. The highest BCUT2D eigenvalue weighted by molar-refractivity contribution is 6.33. The van der Waals surface area contributed by atoms with E-state index in [1.54, 1.807) is 23.0 Å². The van der Waals surface area contributed by atoms with Crippen molar-refractivity contribution in [2.75, 3.05) is 5.73 Å². The number of oxazole rings is 1. The maximum absolute atomic E-state index is 5.92. The van der Waals surface area contributed by atoms with Crippen molar-refractivity contribution >= 4 is 28.4 Å². The molecule has 0 fully saturated rings. The molecular weight excluding hydrogens is 240 g/mol. The van der Waals surface area contributed by atoms with Crippen LogP contribution in [0, 0.1) is 0 Å². The van der Waals surface area contributed by atoms with E-state index in [0.717, 1.165) is 0 Å². The summed E-state index contributed by atoms with van der Waals surface area (Å²) in [5.74, 6) is 0.574. The summed E-state index contributed by atoms with van der Waals surface area (Å²) in [4.78, 5) is 4.32. The molecule has 2 aromatic heterocycles. The summed E-state index contributed by atoms with van der Waals surface area (Å²) in [7, 11) is 0. The lowest BCUT2D eigenvalue weighted by Gasteiger charge is -1.94. The van der Waals surface area contributed by atoms with Gasteiger partial charge in [-0.15, -0.1) is 0 Å². The number of nitrogens with two attached hydrogens (primary N) is 1. The molecule has 6 heteroatoms. The molecule has 0 bridgehead atoms. The van der Waals surface area contributed by atoms with Gasteiger partial charge in [0.05, 0.1) is 10.7 Å². The number of rotatable bonds is 2. The van der Waals surface area contributed by atoms with Gasteiger partial charge in [-0.1, -0.05) is 11.6 Å². The molecule has 0 spiro atoms. The Morgan fingerprint density at radius 3 is 3.06 bits per heavy atom. The standard InChI is InChI=1S/C11H9ClN4O/c12-7-4-9-10(5-8(7)13)17-11(15-9)6-16-3-1-2-14-16/h1-5H,6,13H2. The first-order valence-electron chi connectivity index (χ1n) is 5.04. The zero-order chi connectivity index (χ0) is 11.8. The van der Waals surface area contributed by atoms with E-state index in [1.165, 1.54) is 0 Å². The van der Waals surface area contributed by atoms with Gasteiger partial charge in [-0.2, -0.15) is 5.10 Å². The molecule has 3 aromatic rings. The van der Waals surface area contributed by atoms with Crippen LogP contribution in [0.15, 0.2) is 35.0 Å². The summed E-state index contributed by atoms with van der Waals surface area (Å²) in [6, 6.07) is 5.22. The van der Waals surface area contributed by atoms with Gasteiger partial charge in [0, 0.05) is 18.5 Å². The highest BCUT2D eigenvalue weighted by Gasteiger charge is 2.09. The minimum absolute atomic E-state index is 0.483. The number of aromatic nitrogens is 3. The van der Waals surface area contributed by atoms with E-state index in [-0.39, 0.29) is 0 Å². The predicted octanol–water partition coefficient (Wildman–Crippen LogP) is 2.31. The Bertz CT molecular complexity index is 620. The molecule has 86 valence electrons. The van der Waals surface area contributed by atoms with Crippen LogP contribution in [0.5, 0.6) is 0 Å². The van der Waals surface area contributed by atoms with E-state index >= 15 is 0 Å². The summed E-state index contributed by atoms with van der Waals surface area (Å²) in [6.07, 6.45) is 3.55. The van der Waals surface area contributed by atoms with Gasteiger partial charge in [-0.05, 0) is 12.1 Å². The number of hydrogen-bond acceptors (Lipinski definition) is 4. The lowest BCUT2D eigenvalue weighted by atomic mass is 10.3. The van der Waals surface area contributed by atoms with E-state index in [4.69, 9.17) is 21.8 Å². The van der Waals surface area contributed by atoms with E-state index in [9.17, 15) is 0 Å². The minimum atomic E-state index is 0.483. The van der Waals surface area contributed by atoms with Crippen LogP contribution in [-0.4, -0.2) is 14.8 Å². The number of nitrogen functional groups attached to an aromatic ring is 1. The van der Waals surface area contributed by atoms with Gasteiger partial charge in [0.25, 0.3) is 0 Å². The molecule has 0 saturated heterocycles. The molecule has 0 amide bonds. The van der Waals surface area contributed by atoms with Gasteiger partial charge in [0.1, 0.15) is 12.1 Å². The van der Waals surface area contributed by atoms with Gasteiger partial charge >= 0.3 is 0 Å². The van der Waals surface area contributed by atoms with Crippen molar-refractivity contribution in [2.24, 2.45) is 0 Å². The maximum Gasteiger partial charge on any atom is 0.217 e. The van der Waals surface area contributed by atoms with Crippen LogP contribution in [0.25, 0.3) is 11.1 Å². The van der Waals surface area contributed by atoms with Crippen molar-refractivity contribution in [1.29, 1.82) is 0 Å². The summed E-state index contributed by atoms with van der Waals surface area (Å²) in [5, 5.41) is 4.57. The predicted molar refractivity (Wildman–Crippen MR) is 64.8 cm³/mol. The van der Waals surface area contributed by atoms with Crippen LogP contribution in [0.3, 0.4) is 0 Å². The molecule has 0 atom stereocenters. The molecule has 0 aliphatic heterocycles. The Balaban J connectivity index is 2.02. The molecule has 2 heterocycles. The van der Waals surface area contributed by atoms with E-state index in [2.05, 4.69) is 10.1 Å². The summed E-state index contributed by atoms with van der Waals surface area (Å²) < 4.78 is 7.30. The molecule has 0 unspecified atom stereocenters. The normalized spacial score (nSPS) is 11.1. The molecular formula is C11H9ClN4O. The number of nitrogens with zero attached hydrogens (tertiary/aromatic N) is 3. The third kappa shape index (κ3) is 1.85. The summed E-state index contributed by atoms with van der Waals surface area (Å²) >= 11 is 5.92. The highest BCUT2D eigenvalue weighted by atomic mass is 35.5. The molecule has 5 nitrogen and oxygen atoms in total. The minimum Gasteiger partial charge on any atom is -0.439 e. The third-order valence-electron chi connectivity index (χ3n) is 2.41. The second-order valence-electron chi connectivity index (χ2n) is 3.65. The monoisotopic (exact) mass is 248 g/mol. The fourth-order valence-electron chi connectivity index (χ4n) is 1.61. The van der Waals surface area contributed by atoms with Crippen molar-refractivity contribution in [3.63, 3.8) is 0 Å². The van der Waals surface area contributed by atoms with Crippen LogP contribution in [0.1, 0.15) is 5.89 Å². The maximum atomic E-state index is 5.92. The zero-order valence-corrected chi connectivity index (χ0v) is 9.55. The molecule has 0 radical (unpaired) electrons. The smallest absolute Gasteiger partial charge is 0.217 e. The average molecular weight is 249 g/mol. The fourth-order valence-corrected chi connectivity index (χ4v) is 1.77. The van der Waals surface area contributed by atoms with Gasteiger partial charge in [-0.3, -0.25) is 4.68 Å². The zero-order valence-electron chi connectivity index (χ0n) is 8.80. The summed E-state index contributed by atoms with van der Waals surface area (Å²) in [6.45, 7) is 0.485. The molecule has 1 aromatic carbocycles. The Hall–Kier alpha value is -2.01. The largest absolute Gasteiger partial charge is 0.439 e. The quantitative estimate of drug-likeness (QED) is 0.707. The van der Waals surface area contributed by atoms with Crippen LogP contribution in [0.2, 0.25) is 5.02 Å². The first-order valence-corrected chi connectivity index (χ1v) is 5.42. The van der Waals surface area contributed by atoms with Crippen molar-refractivity contribution in [2.45, 2.75) is 6.54 Å². The van der Waals surface area contributed by atoms with Crippen LogP contribution in [-0.2, 0) is 6.54 Å². The Labute approximate surface area is 102 Å². The van der Waals surface area contributed by atoms with E-state index in [0.29, 0.717) is 34.2 Å². The third-order valence-corrected chi connectivity index (χ3v) is 2.73. The van der Waals surface area contributed by atoms with Gasteiger partial charge in [0.15, 0.2) is 5.58 Å². The highest BCUT2D eigenvalue weighted by Crippen LogP contribution is 2.26. The SMILES string of the molecule is Nc1cc2oc(Cn3cccn3)nc2cc1Cl. The lowest BCUT2D eigenvalue weighted by molar-refractivity contribution is 0.492. The number of fused-ring (bicyclic) bond motifs is 1. The first-order chi connectivity index (χ1) is 8.22. The Morgan fingerprint density at radius 2 is 2.29 bits per heavy atom. The Kier molecular flexibility index (Phi) is 2.26. The van der Waals surface area contributed by atoms with Gasteiger partial charge < -0.3 is 10.2 Å². The topological polar surface area (TPSA) is 69.9 Å². The number of anilines is 1. The second kappa shape index (κ2) is 3.78. The lowest BCUT2D eigenvalue weighted by Crippen LogP contribution is -1.99. The van der Waals surface area contributed by atoms with Crippen molar-refractivity contribution in [1.82, 2.24) is 14.8 Å². The molecule has 3 rings (SSSR count). The van der Waals surface area contributed by atoms with Crippen LogP contribution >= 0.6 is 11.6 Å². The van der Waals surface area contributed by atoms with Crippen LogP contribution < -0.4 is 5.73 Å². The van der Waals surface area contributed by atoms with Gasteiger partial charge in [-0.25, -0.2) is 4.98 Å². The molecule has 0 saturated carbocycles. The molecule has 17 heavy (non-hydrogen) atoms. The van der Waals surface area contributed by atoms with E-state index < -0.39 is 0 Å². The van der Waals surface area contributed by atoms with Crippen molar-refractivity contribution in [3.05, 3.63) is 41.5 Å². The second-order valence-corrected chi connectivity index (χ2v) is 4.06. The van der Waals surface area contributed by atoms with E-state index in [1.807, 2.05) is 12.3 Å². The first kappa shape index (κ1) is 10.2. The molecule has 0 aliphatic rings. The van der Waals surface area contributed by atoms with Crippen LogP contribution in [0.4, 0.5) is 5.69 Å².